The Morgan fingerprint density at radius 1 is 0.889 bits per heavy atom. The van der Waals surface area contributed by atoms with Crippen molar-refractivity contribution in [3.05, 3.63) is 71.8 Å². The van der Waals surface area contributed by atoms with E-state index in [1.54, 1.807) is 4.31 Å². The van der Waals surface area contributed by atoms with Crippen LogP contribution in [0, 0.1) is 0 Å². The summed E-state index contributed by atoms with van der Waals surface area (Å²) < 4.78 is 1.60. The molecule has 0 spiro atoms. The minimum atomic E-state index is 0.585. The maximum absolute atomic E-state index is 10.9. The molecule has 0 aliphatic heterocycles. The Morgan fingerprint density at radius 3 is 2.00 bits per heavy atom. The first-order valence-corrected chi connectivity index (χ1v) is 6.69. The van der Waals surface area contributed by atoms with Gasteiger partial charge in [-0.15, -0.1) is 0 Å². The Labute approximate surface area is 112 Å². The number of hydrogen-bond donors (Lipinski definition) is 0. The molecule has 2 rings (SSSR count). The average molecular weight is 256 g/mol. The van der Waals surface area contributed by atoms with Crippen LogP contribution in [0.1, 0.15) is 11.1 Å². The topological polar surface area (TPSA) is 20.3 Å². The van der Waals surface area contributed by atoms with E-state index in [0.717, 1.165) is 11.3 Å². The van der Waals surface area contributed by atoms with E-state index >= 15 is 0 Å². The van der Waals surface area contributed by atoms with Crippen LogP contribution < -0.4 is 0 Å². The molecule has 0 aromatic heterocycles. The summed E-state index contributed by atoms with van der Waals surface area (Å²) in [6.45, 7) is 0.585. The molecule has 0 aliphatic carbocycles. The predicted molar refractivity (Wildman–Crippen MR) is 75.4 cm³/mol. The first-order chi connectivity index (χ1) is 8.88. The minimum absolute atomic E-state index is 0.585. The minimum Gasteiger partial charge on any atom is -0.273 e. The molecule has 0 aliphatic rings. The van der Waals surface area contributed by atoms with Gasteiger partial charge in [-0.25, -0.2) is 0 Å². The highest BCUT2D eigenvalue weighted by molar-refractivity contribution is 7.96. The molecule has 0 N–H and O–H groups in total. The Hall–Kier alpha value is -1.74. The fraction of sp³-hybridized carbons (Fsp3) is 0.133. The SMILES string of the molecule is O=[C]N(Cc1ccccc1)SCc1ccccc1. The molecule has 0 saturated heterocycles. The van der Waals surface area contributed by atoms with Crippen LogP contribution in [0.25, 0.3) is 0 Å². The Balaban J connectivity index is 1.88. The van der Waals surface area contributed by atoms with E-state index in [4.69, 9.17) is 0 Å². The number of hydrogen-bond acceptors (Lipinski definition) is 2. The molecule has 2 aromatic carbocycles. The second-order valence-corrected chi connectivity index (χ2v) is 4.86. The molecule has 0 bridgehead atoms. The van der Waals surface area contributed by atoms with Crippen molar-refractivity contribution in [2.24, 2.45) is 0 Å². The maximum Gasteiger partial charge on any atom is 0.323 e. The van der Waals surface area contributed by atoms with Crippen LogP contribution in [0.15, 0.2) is 60.7 Å². The Bertz CT molecular complexity index is 472. The highest BCUT2D eigenvalue weighted by atomic mass is 32.2. The lowest BCUT2D eigenvalue weighted by Gasteiger charge is -2.14. The van der Waals surface area contributed by atoms with Gasteiger partial charge in [0.1, 0.15) is 0 Å². The third kappa shape index (κ3) is 3.93. The van der Waals surface area contributed by atoms with E-state index in [1.165, 1.54) is 17.5 Å². The predicted octanol–water partition coefficient (Wildman–Crippen LogP) is 3.40. The van der Waals surface area contributed by atoms with Crippen molar-refractivity contribution >= 4 is 18.4 Å². The highest BCUT2D eigenvalue weighted by Crippen LogP contribution is 2.18. The summed E-state index contributed by atoms with van der Waals surface area (Å²) in [6.07, 6.45) is 1.97. The van der Waals surface area contributed by atoms with Gasteiger partial charge >= 0.3 is 6.41 Å². The van der Waals surface area contributed by atoms with Gasteiger partial charge in [0.15, 0.2) is 0 Å². The normalized spacial score (nSPS) is 10.0. The molecule has 1 amide bonds. The number of amides is 1. The molecule has 91 valence electrons. The lowest BCUT2D eigenvalue weighted by molar-refractivity contribution is 0.502. The van der Waals surface area contributed by atoms with E-state index < -0.39 is 0 Å². The quantitative estimate of drug-likeness (QED) is 0.583. The number of benzene rings is 2. The van der Waals surface area contributed by atoms with Crippen molar-refractivity contribution in [3.8, 4) is 0 Å². The van der Waals surface area contributed by atoms with Gasteiger partial charge in [0.25, 0.3) is 0 Å². The lowest BCUT2D eigenvalue weighted by atomic mass is 10.2. The molecule has 0 saturated carbocycles. The third-order valence-corrected chi connectivity index (χ3v) is 3.48. The summed E-state index contributed by atoms with van der Waals surface area (Å²) in [4.78, 5) is 10.9. The third-order valence-electron chi connectivity index (χ3n) is 2.50. The lowest BCUT2D eigenvalue weighted by Crippen LogP contribution is -2.12. The number of carbonyl (C=O) groups excluding carboxylic acids is 1. The molecule has 18 heavy (non-hydrogen) atoms. The Morgan fingerprint density at radius 2 is 1.44 bits per heavy atom. The zero-order valence-corrected chi connectivity index (χ0v) is 10.8. The van der Waals surface area contributed by atoms with Crippen molar-refractivity contribution in [3.63, 3.8) is 0 Å². The highest BCUT2D eigenvalue weighted by Gasteiger charge is 2.05. The van der Waals surface area contributed by atoms with Crippen molar-refractivity contribution in [1.82, 2.24) is 4.31 Å². The largest absolute Gasteiger partial charge is 0.323 e. The van der Waals surface area contributed by atoms with Crippen LogP contribution in [-0.2, 0) is 17.1 Å². The van der Waals surface area contributed by atoms with Crippen molar-refractivity contribution in [2.75, 3.05) is 0 Å². The smallest absolute Gasteiger partial charge is 0.273 e. The summed E-state index contributed by atoms with van der Waals surface area (Å²) in [7, 11) is 0. The molecule has 0 heterocycles. The maximum atomic E-state index is 10.9. The van der Waals surface area contributed by atoms with Gasteiger partial charge in [0.05, 0.1) is 6.54 Å². The molecule has 0 atom stereocenters. The average Bonchev–Trinajstić information content (AvgIpc) is 2.45. The van der Waals surface area contributed by atoms with E-state index in [-0.39, 0.29) is 0 Å². The summed E-state index contributed by atoms with van der Waals surface area (Å²) in [6, 6.07) is 20.0. The van der Waals surface area contributed by atoms with Gasteiger partial charge in [-0.1, -0.05) is 60.7 Å². The van der Waals surface area contributed by atoms with Crippen molar-refractivity contribution in [1.29, 1.82) is 0 Å². The number of nitrogens with zero attached hydrogens (tertiary/aromatic N) is 1. The fourth-order valence-electron chi connectivity index (χ4n) is 1.58. The molecule has 0 unspecified atom stereocenters. The molecule has 3 heteroatoms. The summed E-state index contributed by atoms with van der Waals surface area (Å²) in [5.41, 5.74) is 2.32. The van der Waals surface area contributed by atoms with E-state index in [1.807, 2.05) is 54.9 Å². The first-order valence-electron chi connectivity index (χ1n) is 5.74. The van der Waals surface area contributed by atoms with Crippen molar-refractivity contribution in [2.45, 2.75) is 12.3 Å². The summed E-state index contributed by atoms with van der Waals surface area (Å²) >= 11 is 1.48. The standard InChI is InChI=1S/C15H14NOS/c17-13-16(11-14-7-3-1-4-8-14)18-12-15-9-5-2-6-10-15/h1-10H,11-12H2. The van der Waals surface area contributed by atoms with Gasteiger partial charge < -0.3 is 0 Å². The fourth-order valence-corrected chi connectivity index (χ4v) is 2.37. The molecule has 2 nitrogen and oxygen atoms in total. The van der Waals surface area contributed by atoms with Crippen LogP contribution in [0.3, 0.4) is 0 Å². The van der Waals surface area contributed by atoms with Crippen LogP contribution in [0.4, 0.5) is 0 Å². The Kier molecular flexibility index (Phi) is 4.85. The van der Waals surface area contributed by atoms with Gasteiger partial charge in [-0.05, 0) is 23.1 Å². The van der Waals surface area contributed by atoms with Gasteiger partial charge in [-0.2, -0.15) is 0 Å². The van der Waals surface area contributed by atoms with E-state index in [0.29, 0.717) is 6.54 Å². The van der Waals surface area contributed by atoms with Crippen LogP contribution in [0.2, 0.25) is 0 Å². The number of rotatable bonds is 6. The monoisotopic (exact) mass is 256 g/mol. The molecular formula is C15H14NOS. The van der Waals surface area contributed by atoms with Gasteiger partial charge in [-0.3, -0.25) is 9.10 Å². The van der Waals surface area contributed by atoms with Crippen LogP contribution in [0.5, 0.6) is 0 Å². The zero-order valence-electron chi connectivity index (χ0n) is 9.95. The summed E-state index contributed by atoms with van der Waals surface area (Å²) in [5, 5.41) is 0. The molecule has 0 fully saturated rings. The van der Waals surface area contributed by atoms with Crippen molar-refractivity contribution < 1.29 is 4.79 Å². The van der Waals surface area contributed by atoms with Crippen LogP contribution >= 0.6 is 11.9 Å². The molecule has 1 radical (unpaired) electrons. The summed E-state index contributed by atoms with van der Waals surface area (Å²) in [5.74, 6) is 0.781. The van der Waals surface area contributed by atoms with Gasteiger partial charge in [0.2, 0.25) is 0 Å². The molecule has 2 aromatic rings. The van der Waals surface area contributed by atoms with E-state index in [9.17, 15) is 4.79 Å². The van der Waals surface area contributed by atoms with Gasteiger partial charge in [0, 0.05) is 5.75 Å². The second kappa shape index (κ2) is 6.87. The zero-order chi connectivity index (χ0) is 12.6. The van der Waals surface area contributed by atoms with Crippen LogP contribution in [-0.4, -0.2) is 10.7 Å². The molecular weight excluding hydrogens is 242 g/mol. The second-order valence-electron chi connectivity index (χ2n) is 3.87. The first kappa shape index (κ1) is 12.7. The van der Waals surface area contributed by atoms with E-state index in [2.05, 4.69) is 12.1 Å².